The molecule has 3 aliphatic heterocycles. The summed E-state index contributed by atoms with van der Waals surface area (Å²) in [6.07, 6.45) is 5.91. The molecule has 3 saturated heterocycles. The molecule has 2 bridgehead atoms. The van der Waals surface area contributed by atoms with E-state index in [2.05, 4.69) is 20.5 Å². The van der Waals surface area contributed by atoms with Crippen LogP contribution in [0.3, 0.4) is 0 Å². The van der Waals surface area contributed by atoms with Crippen molar-refractivity contribution in [2.45, 2.75) is 44.2 Å². The summed E-state index contributed by atoms with van der Waals surface area (Å²) in [6.45, 7) is 2.50. The normalized spacial score (nSPS) is 31.4. The van der Waals surface area contributed by atoms with Gasteiger partial charge in [-0.25, -0.2) is 0 Å². The zero-order valence-electron chi connectivity index (χ0n) is 14.5. The number of fused-ring (bicyclic) bond motifs is 4. The fourth-order valence-electron chi connectivity index (χ4n) is 4.85. The molecule has 1 aromatic rings. The van der Waals surface area contributed by atoms with Crippen molar-refractivity contribution in [3.63, 3.8) is 0 Å². The summed E-state index contributed by atoms with van der Waals surface area (Å²) in [4.78, 5) is 31.2. The van der Waals surface area contributed by atoms with E-state index in [-0.39, 0.29) is 24.3 Å². The van der Waals surface area contributed by atoms with Gasteiger partial charge in [0, 0.05) is 37.4 Å². The lowest BCUT2D eigenvalue weighted by Crippen LogP contribution is -2.66. The molecule has 4 heterocycles. The third-order valence-electron chi connectivity index (χ3n) is 5.98. The van der Waals surface area contributed by atoms with Crippen molar-refractivity contribution < 1.29 is 9.59 Å². The van der Waals surface area contributed by atoms with Crippen LogP contribution in [0, 0.1) is 11.8 Å². The second-order valence-electron chi connectivity index (χ2n) is 7.54. The van der Waals surface area contributed by atoms with Gasteiger partial charge in [0.05, 0.1) is 12.5 Å². The zero-order valence-corrected chi connectivity index (χ0v) is 14.5. The highest BCUT2D eigenvalue weighted by atomic mass is 16.2. The summed E-state index contributed by atoms with van der Waals surface area (Å²) in [7, 11) is 0. The van der Waals surface area contributed by atoms with Gasteiger partial charge in [0.1, 0.15) is 0 Å². The van der Waals surface area contributed by atoms with Crippen molar-refractivity contribution in [1.82, 2.24) is 20.5 Å². The average molecular weight is 342 g/mol. The van der Waals surface area contributed by atoms with Gasteiger partial charge in [0.15, 0.2) is 0 Å². The third kappa shape index (κ3) is 3.40. The molecule has 0 aromatic carbocycles. The Hall–Kier alpha value is -1.95. The molecule has 1 aromatic heterocycles. The topological polar surface area (TPSA) is 74.3 Å². The lowest BCUT2D eigenvalue weighted by molar-refractivity contribution is -0.149. The number of nitrogens with one attached hydrogen (secondary N) is 2. The maximum Gasteiger partial charge on any atom is 0.226 e. The molecule has 2 N–H and O–H groups in total. The fraction of sp³-hybridized carbons (Fsp3) is 0.632. The number of rotatable bonds is 4. The number of carbonyl (C=O) groups is 2. The van der Waals surface area contributed by atoms with Crippen molar-refractivity contribution in [3.8, 4) is 0 Å². The molecule has 4 atom stereocenters. The van der Waals surface area contributed by atoms with E-state index in [0.717, 1.165) is 31.6 Å². The molecule has 0 saturated carbocycles. The number of pyridine rings is 1. The molecule has 4 rings (SSSR count). The van der Waals surface area contributed by atoms with Crippen molar-refractivity contribution in [1.29, 1.82) is 0 Å². The Morgan fingerprint density at radius 2 is 2.20 bits per heavy atom. The van der Waals surface area contributed by atoms with E-state index in [1.165, 1.54) is 6.42 Å². The number of hydrogen-bond acceptors (Lipinski definition) is 4. The number of carbonyl (C=O) groups excluding carboxylic acids is 2. The molecule has 6 nitrogen and oxygen atoms in total. The highest BCUT2D eigenvalue weighted by Crippen LogP contribution is 2.39. The first-order valence-electron chi connectivity index (χ1n) is 9.41. The maximum atomic E-state index is 12.6. The predicted octanol–water partition coefficient (Wildman–Crippen LogP) is 0.729. The highest BCUT2D eigenvalue weighted by molar-refractivity contribution is 5.79. The molecular formula is C19H26N4O2. The SMILES string of the molecule is O=C(Cc1ccccn1)NC[C@H]1[C@@H]2CNC[C@@H](C2)[C@@H]2CCCC(=O)N21. The van der Waals surface area contributed by atoms with Crippen LogP contribution in [-0.4, -0.2) is 53.4 Å². The first kappa shape index (κ1) is 16.5. The van der Waals surface area contributed by atoms with Crippen LogP contribution in [0.5, 0.6) is 0 Å². The van der Waals surface area contributed by atoms with Gasteiger partial charge in [-0.1, -0.05) is 6.07 Å². The van der Waals surface area contributed by atoms with Crippen LogP contribution in [-0.2, 0) is 16.0 Å². The number of nitrogens with zero attached hydrogens (tertiary/aromatic N) is 2. The van der Waals surface area contributed by atoms with Gasteiger partial charge < -0.3 is 15.5 Å². The average Bonchev–Trinajstić information content (AvgIpc) is 2.63. The van der Waals surface area contributed by atoms with Crippen LogP contribution < -0.4 is 10.6 Å². The van der Waals surface area contributed by atoms with Gasteiger partial charge in [0.25, 0.3) is 0 Å². The molecular weight excluding hydrogens is 316 g/mol. The third-order valence-corrected chi connectivity index (χ3v) is 5.98. The standard InChI is InChI=1S/C19H26N4O2/c24-18(9-15-4-1-2-7-21-15)22-12-17-14-8-13(10-20-11-14)16-5-3-6-19(25)23(16)17/h1-2,4,7,13-14,16-17,20H,3,5-6,8-12H2,(H,22,24)/t13-,14+,16+,17+/m1/s1. The van der Waals surface area contributed by atoms with Crippen LogP contribution in [0.2, 0.25) is 0 Å². The smallest absolute Gasteiger partial charge is 0.226 e. The molecule has 3 aliphatic rings. The van der Waals surface area contributed by atoms with Crippen LogP contribution in [0.25, 0.3) is 0 Å². The second-order valence-corrected chi connectivity index (χ2v) is 7.54. The monoisotopic (exact) mass is 342 g/mol. The largest absolute Gasteiger partial charge is 0.354 e. The van der Waals surface area contributed by atoms with E-state index >= 15 is 0 Å². The Bertz CT molecular complexity index is 636. The fourth-order valence-corrected chi connectivity index (χ4v) is 4.85. The minimum Gasteiger partial charge on any atom is -0.354 e. The van der Waals surface area contributed by atoms with E-state index < -0.39 is 0 Å². The van der Waals surface area contributed by atoms with Crippen molar-refractivity contribution in [2.24, 2.45) is 11.8 Å². The molecule has 3 fully saturated rings. The summed E-state index contributed by atoms with van der Waals surface area (Å²) < 4.78 is 0. The molecule has 25 heavy (non-hydrogen) atoms. The minimum absolute atomic E-state index is 0.0226. The quantitative estimate of drug-likeness (QED) is 0.846. The summed E-state index contributed by atoms with van der Waals surface area (Å²) in [5.74, 6) is 1.26. The zero-order chi connectivity index (χ0) is 17.2. The minimum atomic E-state index is -0.0226. The Labute approximate surface area is 148 Å². The summed E-state index contributed by atoms with van der Waals surface area (Å²) in [6, 6.07) is 6.07. The Kier molecular flexibility index (Phi) is 4.70. The second kappa shape index (κ2) is 7.12. The predicted molar refractivity (Wildman–Crippen MR) is 93.7 cm³/mol. The van der Waals surface area contributed by atoms with Crippen LogP contribution in [0.1, 0.15) is 31.4 Å². The van der Waals surface area contributed by atoms with Crippen LogP contribution in [0.4, 0.5) is 0 Å². The van der Waals surface area contributed by atoms with Crippen LogP contribution in [0.15, 0.2) is 24.4 Å². The Balaban J connectivity index is 1.42. The molecule has 0 unspecified atom stereocenters. The van der Waals surface area contributed by atoms with E-state index in [1.54, 1.807) is 6.20 Å². The van der Waals surface area contributed by atoms with Crippen molar-refractivity contribution in [2.75, 3.05) is 19.6 Å². The van der Waals surface area contributed by atoms with Gasteiger partial charge in [-0.3, -0.25) is 14.6 Å². The van der Waals surface area contributed by atoms with Gasteiger partial charge in [0.2, 0.25) is 11.8 Å². The van der Waals surface area contributed by atoms with E-state index in [4.69, 9.17) is 0 Å². The van der Waals surface area contributed by atoms with Gasteiger partial charge >= 0.3 is 0 Å². The van der Waals surface area contributed by atoms with E-state index in [9.17, 15) is 9.59 Å². The summed E-state index contributed by atoms with van der Waals surface area (Å²) in [5.41, 5.74) is 0.773. The number of piperidine rings is 3. The number of amides is 2. The maximum absolute atomic E-state index is 12.6. The van der Waals surface area contributed by atoms with Crippen molar-refractivity contribution in [3.05, 3.63) is 30.1 Å². The first-order chi connectivity index (χ1) is 12.2. The number of aromatic nitrogens is 1. The molecule has 0 spiro atoms. The summed E-state index contributed by atoms with van der Waals surface area (Å²) >= 11 is 0. The van der Waals surface area contributed by atoms with Gasteiger partial charge in [-0.2, -0.15) is 0 Å². The van der Waals surface area contributed by atoms with E-state index in [1.807, 2.05) is 18.2 Å². The van der Waals surface area contributed by atoms with E-state index in [0.29, 0.717) is 30.8 Å². The first-order valence-corrected chi connectivity index (χ1v) is 9.41. The van der Waals surface area contributed by atoms with Gasteiger partial charge in [-0.15, -0.1) is 0 Å². The van der Waals surface area contributed by atoms with Crippen molar-refractivity contribution >= 4 is 11.8 Å². The van der Waals surface area contributed by atoms with Gasteiger partial charge in [-0.05, 0) is 49.8 Å². The lowest BCUT2D eigenvalue weighted by Gasteiger charge is -2.54. The Morgan fingerprint density at radius 3 is 3.04 bits per heavy atom. The van der Waals surface area contributed by atoms with Crippen LogP contribution >= 0.6 is 0 Å². The highest BCUT2D eigenvalue weighted by Gasteiger charge is 2.47. The Morgan fingerprint density at radius 1 is 1.32 bits per heavy atom. The summed E-state index contributed by atoms with van der Waals surface area (Å²) in [5, 5.41) is 6.59. The molecule has 6 heteroatoms. The molecule has 2 amide bonds. The molecule has 0 aliphatic carbocycles. The number of hydrogen-bond donors (Lipinski definition) is 2. The lowest BCUT2D eigenvalue weighted by atomic mass is 9.72. The molecule has 0 radical (unpaired) electrons. The molecule has 134 valence electrons.